The first-order valence-corrected chi connectivity index (χ1v) is 8.29. The molecule has 6 nitrogen and oxygen atoms in total. The zero-order valence-electron chi connectivity index (χ0n) is 15.0. The van der Waals surface area contributed by atoms with Crippen molar-refractivity contribution in [2.45, 2.75) is 13.0 Å². The monoisotopic (exact) mass is 465 g/mol. The predicted octanol–water partition coefficient (Wildman–Crippen LogP) is 3.33. The summed E-state index contributed by atoms with van der Waals surface area (Å²) in [5.74, 6) is 1.81. The Balaban J connectivity index is 0.00000243. The third-order valence-corrected chi connectivity index (χ3v) is 3.88. The van der Waals surface area contributed by atoms with Gasteiger partial charge in [-0.25, -0.2) is 4.68 Å². The third kappa shape index (κ3) is 5.35. The molecule has 0 atom stereocenters. The van der Waals surface area contributed by atoms with Crippen LogP contribution in [0.4, 0.5) is 0 Å². The van der Waals surface area contributed by atoms with Crippen LogP contribution in [0.5, 0.6) is 0 Å². The molecule has 3 rings (SSSR count). The summed E-state index contributed by atoms with van der Waals surface area (Å²) in [5, 5.41) is 7.79. The van der Waals surface area contributed by atoms with Crippen molar-refractivity contribution < 1.29 is 4.42 Å². The Labute approximate surface area is 170 Å². The number of halogens is 1. The predicted molar refractivity (Wildman–Crippen MR) is 114 cm³/mol. The number of aromatic nitrogens is 2. The number of guanidine groups is 1. The average molecular weight is 465 g/mol. The molecule has 0 amide bonds. The average Bonchev–Trinajstić information content (AvgIpc) is 3.31. The second kappa shape index (κ2) is 10.0. The van der Waals surface area contributed by atoms with E-state index >= 15 is 0 Å². The van der Waals surface area contributed by atoms with E-state index < -0.39 is 0 Å². The Kier molecular flexibility index (Phi) is 7.71. The van der Waals surface area contributed by atoms with Crippen LogP contribution in [0.3, 0.4) is 0 Å². The molecule has 26 heavy (non-hydrogen) atoms. The van der Waals surface area contributed by atoms with Crippen LogP contribution in [0.25, 0.3) is 5.69 Å². The topological polar surface area (TPSA) is 58.6 Å². The van der Waals surface area contributed by atoms with Crippen molar-refractivity contribution in [2.75, 3.05) is 20.6 Å². The van der Waals surface area contributed by atoms with Gasteiger partial charge in [0.25, 0.3) is 0 Å². The molecule has 2 heterocycles. The van der Waals surface area contributed by atoms with Gasteiger partial charge in [-0.15, -0.1) is 24.0 Å². The molecule has 0 aliphatic rings. The van der Waals surface area contributed by atoms with Gasteiger partial charge in [-0.1, -0.05) is 18.2 Å². The van der Waals surface area contributed by atoms with Crippen molar-refractivity contribution in [3.05, 3.63) is 72.4 Å². The summed E-state index contributed by atoms with van der Waals surface area (Å²) in [4.78, 5) is 6.42. The number of aliphatic imine (C=N–C) groups is 1. The molecule has 0 aliphatic heterocycles. The molecule has 0 radical (unpaired) electrons. The van der Waals surface area contributed by atoms with Gasteiger partial charge in [0.1, 0.15) is 5.76 Å². The van der Waals surface area contributed by atoms with Crippen molar-refractivity contribution in [1.82, 2.24) is 20.0 Å². The van der Waals surface area contributed by atoms with Gasteiger partial charge in [-0.05, 0) is 24.3 Å². The first kappa shape index (κ1) is 20.0. The summed E-state index contributed by atoms with van der Waals surface area (Å²) in [6.45, 7) is 1.50. The summed E-state index contributed by atoms with van der Waals surface area (Å²) >= 11 is 0. The Morgan fingerprint density at radius 2 is 2.04 bits per heavy atom. The molecule has 1 aromatic carbocycles. The largest absolute Gasteiger partial charge is 0.469 e. The van der Waals surface area contributed by atoms with Gasteiger partial charge in [0.2, 0.25) is 0 Å². The molecule has 138 valence electrons. The van der Waals surface area contributed by atoms with Gasteiger partial charge in [-0.2, -0.15) is 5.10 Å². The lowest BCUT2D eigenvalue weighted by Gasteiger charge is -2.21. The maximum atomic E-state index is 5.35. The quantitative estimate of drug-likeness (QED) is 0.345. The lowest BCUT2D eigenvalue weighted by Crippen LogP contribution is -2.39. The zero-order valence-corrected chi connectivity index (χ0v) is 17.3. The van der Waals surface area contributed by atoms with Gasteiger partial charge in [0.15, 0.2) is 5.96 Å². The van der Waals surface area contributed by atoms with Crippen LogP contribution in [0.2, 0.25) is 0 Å². The number of nitrogens with one attached hydrogen (secondary N) is 1. The van der Waals surface area contributed by atoms with Crippen LogP contribution < -0.4 is 5.32 Å². The fourth-order valence-corrected chi connectivity index (χ4v) is 2.65. The summed E-state index contributed by atoms with van der Waals surface area (Å²) in [6, 6.07) is 14.0. The Morgan fingerprint density at radius 3 is 2.73 bits per heavy atom. The number of furan rings is 1. The summed E-state index contributed by atoms with van der Waals surface area (Å²) in [5.41, 5.74) is 2.18. The van der Waals surface area contributed by atoms with E-state index in [9.17, 15) is 0 Å². The fourth-order valence-electron chi connectivity index (χ4n) is 2.65. The SMILES string of the molecule is CN=C(NCCc1ccco1)N(C)Cc1cnn(-c2ccccc2)c1.I. The second-order valence-corrected chi connectivity index (χ2v) is 5.79. The third-order valence-electron chi connectivity index (χ3n) is 3.88. The number of rotatable bonds is 6. The van der Waals surface area contributed by atoms with Crippen LogP contribution in [-0.2, 0) is 13.0 Å². The second-order valence-electron chi connectivity index (χ2n) is 5.79. The van der Waals surface area contributed by atoms with Crippen LogP contribution in [-0.4, -0.2) is 41.3 Å². The van der Waals surface area contributed by atoms with Crippen LogP contribution in [0, 0.1) is 0 Å². The van der Waals surface area contributed by atoms with Gasteiger partial charge in [-0.3, -0.25) is 4.99 Å². The minimum absolute atomic E-state index is 0. The number of hydrogen-bond acceptors (Lipinski definition) is 3. The molecule has 0 saturated carbocycles. The molecule has 7 heteroatoms. The van der Waals surface area contributed by atoms with Gasteiger partial charge in [0, 0.05) is 45.4 Å². The molecule has 0 unspecified atom stereocenters. The molecular formula is C19H24IN5O. The van der Waals surface area contributed by atoms with Crippen molar-refractivity contribution in [3.63, 3.8) is 0 Å². The van der Waals surface area contributed by atoms with Crippen LogP contribution >= 0.6 is 24.0 Å². The molecule has 3 aromatic rings. The molecule has 0 bridgehead atoms. The van der Waals surface area contributed by atoms with Crippen LogP contribution in [0.1, 0.15) is 11.3 Å². The van der Waals surface area contributed by atoms with E-state index in [1.54, 1.807) is 13.3 Å². The molecular weight excluding hydrogens is 441 g/mol. The number of nitrogens with zero attached hydrogens (tertiary/aromatic N) is 4. The smallest absolute Gasteiger partial charge is 0.193 e. The molecule has 2 aromatic heterocycles. The lowest BCUT2D eigenvalue weighted by atomic mass is 10.3. The van der Waals surface area contributed by atoms with Crippen molar-refractivity contribution >= 4 is 29.9 Å². The molecule has 0 fully saturated rings. The number of benzene rings is 1. The molecule has 0 saturated heterocycles. The maximum absolute atomic E-state index is 5.35. The van der Waals surface area contributed by atoms with E-state index in [-0.39, 0.29) is 24.0 Å². The van der Waals surface area contributed by atoms with E-state index in [2.05, 4.69) is 20.3 Å². The van der Waals surface area contributed by atoms with Gasteiger partial charge >= 0.3 is 0 Å². The van der Waals surface area contributed by atoms with E-state index in [1.165, 1.54) is 0 Å². The maximum Gasteiger partial charge on any atom is 0.193 e. The normalized spacial score (nSPS) is 11.1. The highest BCUT2D eigenvalue weighted by Gasteiger charge is 2.09. The van der Waals surface area contributed by atoms with E-state index in [0.29, 0.717) is 0 Å². The van der Waals surface area contributed by atoms with Gasteiger partial charge < -0.3 is 14.6 Å². The van der Waals surface area contributed by atoms with Crippen LogP contribution in [0.15, 0.2) is 70.5 Å². The minimum atomic E-state index is 0. The highest BCUT2D eigenvalue weighted by molar-refractivity contribution is 14.0. The molecule has 1 N–H and O–H groups in total. The van der Waals surface area contributed by atoms with E-state index in [0.717, 1.165) is 42.5 Å². The lowest BCUT2D eigenvalue weighted by molar-refractivity contribution is 0.469. The summed E-state index contributed by atoms with van der Waals surface area (Å²) in [6.07, 6.45) is 6.45. The van der Waals surface area contributed by atoms with E-state index in [1.807, 2.05) is 66.6 Å². The first-order valence-electron chi connectivity index (χ1n) is 8.29. The first-order chi connectivity index (χ1) is 12.3. The molecule has 0 spiro atoms. The van der Waals surface area contributed by atoms with Gasteiger partial charge in [0.05, 0.1) is 18.1 Å². The Morgan fingerprint density at radius 1 is 1.23 bits per heavy atom. The highest BCUT2D eigenvalue weighted by Crippen LogP contribution is 2.09. The van der Waals surface area contributed by atoms with E-state index in [4.69, 9.17) is 4.42 Å². The number of hydrogen-bond donors (Lipinski definition) is 1. The van der Waals surface area contributed by atoms with Crippen molar-refractivity contribution in [1.29, 1.82) is 0 Å². The fraction of sp³-hybridized carbons (Fsp3) is 0.263. The minimum Gasteiger partial charge on any atom is -0.469 e. The number of para-hydroxylation sites is 1. The standard InChI is InChI=1S/C19H23N5O.HI/c1-20-19(21-11-10-18-9-6-12-25-18)23(2)14-16-13-22-24(15-16)17-7-4-3-5-8-17;/h3-9,12-13,15H,10-11,14H2,1-2H3,(H,20,21);1H. The molecule has 0 aliphatic carbocycles. The Bertz CT molecular complexity index is 798. The highest BCUT2D eigenvalue weighted by atomic mass is 127. The summed E-state index contributed by atoms with van der Waals surface area (Å²) in [7, 11) is 3.81. The summed E-state index contributed by atoms with van der Waals surface area (Å²) < 4.78 is 7.23. The van der Waals surface area contributed by atoms with Crippen molar-refractivity contribution in [2.24, 2.45) is 4.99 Å². The Hall–Kier alpha value is -2.29. The van der Waals surface area contributed by atoms with Crippen molar-refractivity contribution in [3.8, 4) is 5.69 Å². The zero-order chi connectivity index (χ0) is 17.5.